The molecule has 82 valence electrons. The zero-order valence-electron chi connectivity index (χ0n) is 8.14. The van der Waals surface area contributed by atoms with Crippen molar-refractivity contribution in [3.8, 4) is 0 Å². The molecule has 1 atom stereocenters. The van der Waals surface area contributed by atoms with E-state index in [0.29, 0.717) is 21.2 Å². The van der Waals surface area contributed by atoms with Crippen molar-refractivity contribution in [3.05, 3.63) is 57.8 Å². The second kappa shape index (κ2) is 4.78. The van der Waals surface area contributed by atoms with Gasteiger partial charge in [-0.25, -0.2) is 0 Å². The molecule has 0 fully saturated rings. The lowest BCUT2D eigenvalue weighted by molar-refractivity contribution is 0.219. The van der Waals surface area contributed by atoms with Crippen LogP contribution in [-0.2, 0) is 0 Å². The predicted octanol–water partition coefficient (Wildman–Crippen LogP) is 2.87. The van der Waals surface area contributed by atoms with Crippen LogP contribution in [0.1, 0.15) is 17.2 Å². The molecule has 5 heteroatoms. The summed E-state index contributed by atoms with van der Waals surface area (Å²) in [7, 11) is 0. The minimum Gasteiger partial charge on any atom is -0.384 e. The smallest absolute Gasteiger partial charge is 0.107 e. The zero-order valence-corrected chi connectivity index (χ0v) is 9.65. The van der Waals surface area contributed by atoms with E-state index in [-0.39, 0.29) is 0 Å². The highest BCUT2D eigenvalue weighted by Gasteiger charge is 2.14. The van der Waals surface area contributed by atoms with Crippen LogP contribution in [0.2, 0.25) is 10.0 Å². The summed E-state index contributed by atoms with van der Waals surface area (Å²) in [6, 6.07) is 6.63. The third-order valence-corrected chi connectivity index (χ3v) is 2.75. The minimum atomic E-state index is -0.846. The Balaban J connectivity index is 2.41. The summed E-state index contributed by atoms with van der Waals surface area (Å²) < 4.78 is 0. The number of halogens is 2. The molecule has 0 saturated carbocycles. The third kappa shape index (κ3) is 2.32. The molecule has 0 bridgehead atoms. The maximum Gasteiger partial charge on any atom is 0.107 e. The number of aliphatic hydroxyl groups is 1. The summed E-state index contributed by atoms with van der Waals surface area (Å²) in [5, 5.41) is 18.4. The Kier molecular flexibility index (Phi) is 3.39. The van der Waals surface area contributed by atoms with E-state index in [1.807, 2.05) is 0 Å². The molecular weight excluding hydrogens is 247 g/mol. The molecule has 1 aromatic heterocycles. The first-order valence-electron chi connectivity index (χ1n) is 4.58. The quantitative estimate of drug-likeness (QED) is 0.897. The van der Waals surface area contributed by atoms with Crippen LogP contribution < -0.4 is 0 Å². The van der Waals surface area contributed by atoms with Crippen LogP contribution in [0.25, 0.3) is 0 Å². The van der Waals surface area contributed by atoms with Crippen LogP contribution in [0.3, 0.4) is 0 Å². The number of rotatable bonds is 2. The van der Waals surface area contributed by atoms with Crippen molar-refractivity contribution >= 4 is 23.2 Å². The Morgan fingerprint density at radius 2 is 1.94 bits per heavy atom. The molecule has 0 saturated heterocycles. The molecule has 1 unspecified atom stereocenters. The van der Waals surface area contributed by atoms with Gasteiger partial charge in [0.2, 0.25) is 0 Å². The molecule has 1 N–H and O–H groups in total. The van der Waals surface area contributed by atoms with Crippen molar-refractivity contribution in [3.63, 3.8) is 0 Å². The molecule has 3 nitrogen and oxygen atoms in total. The van der Waals surface area contributed by atoms with Crippen molar-refractivity contribution in [2.45, 2.75) is 6.10 Å². The summed E-state index contributed by atoms with van der Waals surface area (Å²) in [4.78, 5) is 0. The van der Waals surface area contributed by atoms with Crippen LogP contribution in [0, 0.1) is 0 Å². The van der Waals surface area contributed by atoms with Crippen molar-refractivity contribution in [1.29, 1.82) is 0 Å². The molecule has 0 aliphatic rings. The first kappa shape index (κ1) is 11.3. The molecule has 0 amide bonds. The van der Waals surface area contributed by atoms with E-state index in [1.54, 1.807) is 24.3 Å². The fourth-order valence-electron chi connectivity index (χ4n) is 1.37. The molecule has 2 aromatic rings. The van der Waals surface area contributed by atoms with Crippen LogP contribution in [0.4, 0.5) is 0 Å². The topological polar surface area (TPSA) is 46.0 Å². The molecule has 0 aliphatic carbocycles. The maximum atomic E-state index is 10.1. The van der Waals surface area contributed by atoms with E-state index in [2.05, 4.69) is 10.2 Å². The van der Waals surface area contributed by atoms with E-state index >= 15 is 0 Å². The van der Waals surface area contributed by atoms with Gasteiger partial charge in [0.15, 0.2) is 0 Å². The normalized spacial score (nSPS) is 12.4. The zero-order chi connectivity index (χ0) is 11.5. The van der Waals surface area contributed by atoms with Crippen LogP contribution in [-0.4, -0.2) is 15.3 Å². The highest BCUT2D eigenvalue weighted by Crippen LogP contribution is 2.29. The lowest BCUT2D eigenvalue weighted by Crippen LogP contribution is -2.01. The third-order valence-electron chi connectivity index (χ3n) is 2.18. The van der Waals surface area contributed by atoms with Gasteiger partial charge in [0.05, 0.1) is 6.20 Å². The SMILES string of the molecule is OC(c1ccnnc1)c1cc(Cl)ccc1Cl. The van der Waals surface area contributed by atoms with E-state index < -0.39 is 6.10 Å². The number of aromatic nitrogens is 2. The Morgan fingerprint density at radius 3 is 2.62 bits per heavy atom. The summed E-state index contributed by atoms with van der Waals surface area (Å²) in [5.41, 5.74) is 1.18. The van der Waals surface area contributed by atoms with Crippen molar-refractivity contribution in [1.82, 2.24) is 10.2 Å². The number of hydrogen-bond donors (Lipinski definition) is 1. The molecular formula is C11H8Cl2N2O. The van der Waals surface area contributed by atoms with Gasteiger partial charge >= 0.3 is 0 Å². The molecule has 1 heterocycles. The first-order chi connectivity index (χ1) is 7.68. The molecule has 0 aliphatic heterocycles. The summed E-state index contributed by atoms with van der Waals surface area (Å²) in [5.74, 6) is 0. The Hall–Kier alpha value is -1.16. The van der Waals surface area contributed by atoms with Gasteiger partial charge in [0.25, 0.3) is 0 Å². The van der Waals surface area contributed by atoms with Crippen molar-refractivity contribution < 1.29 is 5.11 Å². The molecule has 1 aromatic carbocycles. The number of nitrogens with zero attached hydrogens (tertiary/aromatic N) is 2. The van der Waals surface area contributed by atoms with Crippen molar-refractivity contribution in [2.75, 3.05) is 0 Å². The number of hydrogen-bond acceptors (Lipinski definition) is 3. The largest absolute Gasteiger partial charge is 0.384 e. The lowest BCUT2D eigenvalue weighted by Gasteiger charge is -2.12. The fourth-order valence-corrected chi connectivity index (χ4v) is 1.77. The lowest BCUT2D eigenvalue weighted by atomic mass is 10.0. The monoisotopic (exact) mass is 254 g/mol. The van der Waals surface area contributed by atoms with Gasteiger partial charge in [-0.2, -0.15) is 10.2 Å². The van der Waals surface area contributed by atoms with Gasteiger partial charge in [-0.05, 0) is 24.3 Å². The summed E-state index contributed by atoms with van der Waals surface area (Å²) >= 11 is 11.8. The van der Waals surface area contributed by atoms with E-state index in [0.717, 1.165) is 0 Å². The van der Waals surface area contributed by atoms with E-state index in [9.17, 15) is 5.11 Å². The van der Waals surface area contributed by atoms with Crippen LogP contribution in [0.5, 0.6) is 0 Å². The predicted molar refractivity (Wildman–Crippen MR) is 62.6 cm³/mol. The fraction of sp³-hybridized carbons (Fsp3) is 0.0909. The Morgan fingerprint density at radius 1 is 1.12 bits per heavy atom. The molecule has 16 heavy (non-hydrogen) atoms. The standard InChI is InChI=1S/C11H8Cl2N2O/c12-8-1-2-10(13)9(5-8)11(16)7-3-4-14-15-6-7/h1-6,11,16H. The Bertz CT molecular complexity index is 491. The minimum absolute atomic E-state index is 0.466. The van der Waals surface area contributed by atoms with Gasteiger partial charge in [-0.15, -0.1) is 0 Å². The Labute approximate surface area is 103 Å². The van der Waals surface area contributed by atoms with Gasteiger partial charge in [0, 0.05) is 27.4 Å². The first-order valence-corrected chi connectivity index (χ1v) is 5.33. The highest BCUT2D eigenvalue weighted by atomic mass is 35.5. The highest BCUT2D eigenvalue weighted by molar-refractivity contribution is 6.33. The number of benzene rings is 1. The molecule has 0 spiro atoms. The van der Waals surface area contributed by atoms with Crippen molar-refractivity contribution in [2.24, 2.45) is 0 Å². The second-order valence-electron chi connectivity index (χ2n) is 3.24. The summed E-state index contributed by atoms with van der Waals surface area (Å²) in [6.07, 6.45) is 2.15. The van der Waals surface area contributed by atoms with E-state index in [4.69, 9.17) is 23.2 Å². The second-order valence-corrected chi connectivity index (χ2v) is 4.09. The average Bonchev–Trinajstić information content (AvgIpc) is 2.32. The maximum absolute atomic E-state index is 10.1. The van der Waals surface area contributed by atoms with Gasteiger partial charge < -0.3 is 5.11 Å². The number of aliphatic hydroxyl groups excluding tert-OH is 1. The molecule has 2 rings (SSSR count). The van der Waals surface area contributed by atoms with Gasteiger partial charge in [-0.3, -0.25) is 0 Å². The van der Waals surface area contributed by atoms with E-state index in [1.165, 1.54) is 12.4 Å². The van der Waals surface area contributed by atoms with Crippen LogP contribution in [0.15, 0.2) is 36.7 Å². The van der Waals surface area contributed by atoms with Gasteiger partial charge in [-0.1, -0.05) is 23.2 Å². The average molecular weight is 255 g/mol. The molecule has 0 radical (unpaired) electrons. The van der Waals surface area contributed by atoms with Gasteiger partial charge in [0.1, 0.15) is 6.10 Å². The summed E-state index contributed by atoms with van der Waals surface area (Å²) in [6.45, 7) is 0. The van der Waals surface area contributed by atoms with Crippen LogP contribution >= 0.6 is 23.2 Å².